The predicted molar refractivity (Wildman–Crippen MR) is 95.6 cm³/mol. The summed E-state index contributed by atoms with van der Waals surface area (Å²) in [5, 5.41) is 10.6. The summed E-state index contributed by atoms with van der Waals surface area (Å²) >= 11 is 0. The number of halogens is 6. The third-order valence-electron chi connectivity index (χ3n) is 4.07. The Kier molecular flexibility index (Phi) is 6.59. The molecule has 0 spiro atoms. The molecule has 0 aliphatic heterocycles. The van der Waals surface area contributed by atoms with Gasteiger partial charge in [0.15, 0.2) is 6.04 Å². The lowest BCUT2D eigenvalue weighted by Crippen LogP contribution is -2.37. The fourth-order valence-electron chi connectivity index (χ4n) is 2.64. The van der Waals surface area contributed by atoms with Gasteiger partial charge in [0.2, 0.25) is 5.91 Å². The van der Waals surface area contributed by atoms with Crippen LogP contribution in [-0.2, 0) is 11.0 Å². The van der Waals surface area contributed by atoms with Gasteiger partial charge in [-0.2, -0.15) is 26.3 Å². The van der Waals surface area contributed by atoms with Crippen molar-refractivity contribution >= 4 is 18.0 Å². The molecular formula is C20H15F6NO3. The molecule has 2 N–H and O–H groups in total. The van der Waals surface area contributed by atoms with E-state index in [4.69, 9.17) is 5.11 Å². The number of alkyl halides is 6. The standard InChI is InChI=1S/C20H15F6NO3/c1-11-9-12(5-7-15(11)18(29)30)6-8-16(28)27-17(20(24,25)26)13-3-2-4-14(10-13)19(21,22)23/h2-10,17H,1H3,(H,27,28)(H,29,30). The maximum atomic E-state index is 13.4. The van der Waals surface area contributed by atoms with Gasteiger partial charge < -0.3 is 10.4 Å². The van der Waals surface area contributed by atoms with Crippen molar-refractivity contribution in [1.82, 2.24) is 5.32 Å². The largest absolute Gasteiger partial charge is 0.478 e. The number of aromatic carboxylic acids is 1. The summed E-state index contributed by atoms with van der Waals surface area (Å²) in [5.41, 5.74) is -1.27. The average molecular weight is 431 g/mol. The second-order valence-electron chi connectivity index (χ2n) is 6.32. The lowest BCUT2D eigenvalue weighted by atomic mass is 10.0. The average Bonchev–Trinajstić information content (AvgIpc) is 2.62. The minimum atomic E-state index is -5.03. The zero-order valence-electron chi connectivity index (χ0n) is 15.3. The Morgan fingerprint density at radius 2 is 1.70 bits per heavy atom. The summed E-state index contributed by atoms with van der Waals surface area (Å²) in [5.74, 6) is -2.34. The zero-order chi connectivity index (χ0) is 22.7. The van der Waals surface area contributed by atoms with Gasteiger partial charge in [-0.25, -0.2) is 4.79 Å². The highest BCUT2D eigenvalue weighted by molar-refractivity contribution is 5.93. The molecule has 0 saturated carbocycles. The Balaban J connectivity index is 2.24. The zero-order valence-corrected chi connectivity index (χ0v) is 15.3. The molecule has 0 heterocycles. The molecule has 0 bridgehead atoms. The van der Waals surface area contributed by atoms with Crippen LogP contribution < -0.4 is 5.32 Å². The van der Waals surface area contributed by atoms with Crippen molar-refractivity contribution in [1.29, 1.82) is 0 Å². The molecule has 1 atom stereocenters. The van der Waals surface area contributed by atoms with Gasteiger partial charge in [0.1, 0.15) is 0 Å². The summed E-state index contributed by atoms with van der Waals surface area (Å²) in [4.78, 5) is 23.0. The monoisotopic (exact) mass is 431 g/mol. The molecule has 0 fully saturated rings. The third-order valence-corrected chi connectivity index (χ3v) is 4.07. The van der Waals surface area contributed by atoms with Gasteiger partial charge in [-0.3, -0.25) is 4.79 Å². The molecule has 2 rings (SSSR count). The highest BCUT2D eigenvalue weighted by Gasteiger charge is 2.42. The van der Waals surface area contributed by atoms with Crippen LogP contribution in [0.1, 0.15) is 38.7 Å². The van der Waals surface area contributed by atoms with Crippen molar-refractivity contribution in [3.05, 3.63) is 76.4 Å². The first-order valence-electron chi connectivity index (χ1n) is 8.35. The highest BCUT2D eigenvalue weighted by atomic mass is 19.4. The number of carbonyl (C=O) groups excluding carboxylic acids is 1. The number of hydrogen-bond donors (Lipinski definition) is 2. The molecule has 1 amide bonds. The maximum Gasteiger partial charge on any atom is 0.416 e. The minimum Gasteiger partial charge on any atom is -0.478 e. The Bertz CT molecular complexity index is 979. The van der Waals surface area contributed by atoms with Crippen LogP contribution in [0.25, 0.3) is 6.08 Å². The van der Waals surface area contributed by atoms with E-state index in [2.05, 4.69) is 0 Å². The number of hydrogen-bond acceptors (Lipinski definition) is 2. The topological polar surface area (TPSA) is 66.4 Å². The van der Waals surface area contributed by atoms with Gasteiger partial charge in [-0.1, -0.05) is 24.3 Å². The van der Waals surface area contributed by atoms with E-state index >= 15 is 0 Å². The summed E-state index contributed by atoms with van der Waals surface area (Å²) < 4.78 is 78.4. The molecule has 30 heavy (non-hydrogen) atoms. The number of carboxylic acid groups (broad SMARTS) is 1. The molecule has 0 aliphatic rings. The molecule has 0 aliphatic carbocycles. The molecule has 160 valence electrons. The fraction of sp³-hybridized carbons (Fsp3) is 0.200. The summed E-state index contributed by atoms with van der Waals surface area (Å²) in [6, 6.07) is 4.02. The lowest BCUT2D eigenvalue weighted by molar-refractivity contribution is -0.162. The van der Waals surface area contributed by atoms with E-state index in [1.807, 2.05) is 0 Å². The van der Waals surface area contributed by atoms with Gasteiger partial charge in [0.05, 0.1) is 11.1 Å². The van der Waals surface area contributed by atoms with Crippen LogP contribution in [-0.4, -0.2) is 23.2 Å². The summed E-state index contributed by atoms with van der Waals surface area (Å²) in [6.45, 7) is 1.51. The number of benzene rings is 2. The van der Waals surface area contributed by atoms with E-state index < -0.39 is 41.4 Å². The van der Waals surface area contributed by atoms with Crippen LogP contribution in [0, 0.1) is 6.92 Å². The van der Waals surface area contributed by atoms with Crippen LogP contribution in [0.3, 0.4) is 0 Å². The van der Waals surface area contributed by atoms with Crippen LogP contribution in [0.4, 0.5) is 26.3 Å². The number of rotatable bonds is 5. The Morgan fingerprint density at radius 1 is 1.03 bits per heavy atom. The van der Waals surface area contributed by atoms with E-state index in [1.165, 1.54) is 25.1 Å². The van der Waals surface area contributed by atoms with E-state index in [9.17, 15) is 35.9 Å². The first kappa shape index (κ1) is 23.0. The number of amides is 1. The maximum absolute atomic E-state index is 13.4. The van der Waals surface area contributed by atoms with Crippen molar-refractivity contribution in [3.8, 4) is 0 Å². The van der Waals surface area contributed by atoms with Gasteiger partial charge in [-0.15, -0.1) is 0 Å². The molecule has 4 nitrogen and oxygen atoms in total. The Labute approximate surface area is 166 Å². The van der Waals surface area contributed by atoms with Gasteiger partial charge in [-0.05, 0) is 47.9 Å². The van der Waals surface area contributed by atoms with Gasteiger partial charge in [0, 0.05) is 6.08 Å². The van der Waals surface area contributed by atoms with Crippen molar-refractivity contribution in [2.24, 2.45) is 0 Å². The summed E-state index contributed by atoms with van der Waals surface area (Å²) in [7, 11) is 0. The minimum absolute atomic E-state index is 0.0262. The second-order valence-corrected chi connectivity index (χ2v) is 6.32. The second kappa shape index (κ2) is 8.60. The third kappa shape index (κ3) is 5.85. The molecule has 0 aromatic heterocycles. The van der Waals surface area contributed by atoms with Gasteiger partial charge >= 0.3 is 18.3 Å². The van der Waals surface area contributed by atoms with Crippen molar-refractivity contribution in [3.63, 3.8) is 0 Å². The molecule has 2 aromatic carbocycles. The quantitative estimate of drug-likeness (QED) is 0.509. The first-order valence-corrected chi connectivity index (χ1v) is 8.35. The Hall–Kier alpha value is -3.30. The number of nitrogens with one attached hydrogen (secondary N) is 1. The molecular weight excluding hydrogens is 416 g/mol. The molecule has 10 heteroatoms. The van der Waals surface area contributed by atoms with Crippen LogP contribution in [0.5, 0.6) is 0 Å². The Morgan fingerprint density at radius 3 is 2.23 bits per heavy atom. The normalized spacial score (nSPS) is 13.3. The number of aryl methyl sites for hydroxylation is 1. The molecule has 2 aromatic rings. The van der Waals surface area contributed by atoms with E-state index in [1.54, 1.807) is 5.32 Å². The number of carboxylic acids is 1. The molecule has 1 unspecified atom stereocenters. The SMILES string of the molecule is Cc1cc(C=CC(=O)NC(c2cccc(C(F)(F)F)c2)C(F)(F)F)ccc1C(=O)O. The number of carbonyl (C=O) groups is 2. The first-order chi connectivity index (χ1) is 13.8. The van der Waals surface area contributed by atoms with E-state index in [-0.39, 0.29) is 5.56 Å². The fourth-order valence-corrected chi connectivity index (χ4v) is 2.64. The van der Waals surface area contributed by atoms with Crippen molar-refractivity contribution < 1.29 is 41.0 Å². The van der Waals surface area contributed by atoms with Crippen molar-refractivity contribution in [2.75, 3.05) is 0 Å². The smallest absolute Gasteiger partial charge is 0.416 e. The molecule has 0 saturated heterocycles. The van der Waals surface area contributed by atoms with Crippen LogP contribution >= 0.6 is 0 Å². The lowest BCUT2D eigenvalue weighted by Gasteiger charge is -2.22. The molecule has 0 radical (unpaired) electrons. The van der Waals surface area contributed by atoms with E-state index in [0.29, 0.717) is 23.3 Å². The summed E-state index contributed by atoms with van der Waals surface area (Å²) in [6.07, 6.45) is -7.93. The van der Waals surface area contributed by atoms with Crippen LogP contribution in [0.2, 0.25) is 0 Å². The van der Waals surface area contributed by atoms with Gasteiger partial charge in [0.25, 0.3) is 0 Å². The highest BCUT2D eigenvalue weighted by Crippen LogP contribution is 2.36. The van der Waals surface area contributed by atoms with E-state index in [0.717, 1.165) is 24.3 Å². The van der Waals surface area contributed by atoms with Crippen molar-refractivity contribution in [2.45, 2.75) is 25.3 Å². The predicted octanol–water partition coefficient (Wildman–Crippen LogP) is 5.15. The van der Waals surface area contributed by atoms with Crippen LogP contribution in [0.15, 0.2) is 48.5 Å².